The van der Waals surface area contributed by atoms with Gasteiger partial charge in [0.2, 0.25) is 0 Å². The Kier molecular flexibility index (Phi) is 3.52. The van der Waals surface area contributed by atoms with Crippen LogP contribution >= 0.6 is 15.9 Å². The second-order valence-electron chi connectivity index (χ2n) is 5.27. The molecule has 2 heterocycles. The van der Waals surface area contributed by atoms with Crippen molar-refractivity contribution in [3.63, 3.8) is 0 Å². The minimum Gasteiger partial charge on any atom is -0.380 e. The third kappa shape index (κ3) is 2.58. The Morgan fingerprint density at radius 1 is 1.40 bits per heavy atom. The van der Waals surface area contributed by atoms with Crippen molar-refractivity contribution in [1.82, 2.24) is 14.7 Å². The minimum absolute atomic E-state index is 0.284. The number of nitrogens with one attached hydrogen (secondary N) is 1. The molecule has 1 aliphatic rings. The molecule has 0 saturated heterocycles. The van der Waals surface area contributed by atoms with Crippen molar-refractivity contribution >= 4 is 27.5 Å². The highest BCUT2D eigenvalue weighted by atomic mass is 79.9. The average Bonchev–Trinajstić information content (AvgIpc) is 3.02. The predicted octanol–water partition coefficient (Wildman–Crippen LogP) is 2.02. The summed E-state index contributed by atoms with van der Waals surface area (Å²) in [5.41, 5.74) is 0.428. The average molecular weight is 338 g/mol. The molecule has 6 heteroatoms. The van der Waals surface area contributed by atoms with Crippen molar-refractivity contribution in [3.8, 4) is 0 Å². The number of pyridine rings is 1. The maximum atomic E-state index is 12.0. The van der Waals surface area contributed by atoms with Crippen molar-refractivity contribution in [3.05, 3.63) is 34.7 Å². The summed E-state index contributed by atoms with van der Waals surface area (Å²) < 4.78 is 2.87. The number of nitrogens with zero attached hydrogens (tertiary/aromatic N) is 2. The molecule has 5 nitrogen and oxygen atoms in total. The Hall–Kier alpha value is -1.40. The quantitative estimate of drug-likeness (QED) is 0.900. The first-order valence-corrected chi connectivity index (χ1v) is 7.50. The standard InChI is InChI=1S/C14H16BrN3O2/c15-10-3-4-12-17-11(9-18(12)8-10)7-16-13(19)14(20)5-1-2-6-14/h3-4,8-9,20H,1-2,5-7H2,(H,16,19). The van der Waals surface area contributed by atoms with Crippen molar-refractivity contribution in [2.75, 3.05) is 0 Å². The van der Waals surface area contributed by atoms with Gasteiger partial charge in [-0.1, -0.05) is 0 Å². The molecule has 1 amide bonds. The molecule has 2 N–H and O–H groups in total. The molecule has 106 valence electrons. The van der Waals surface area contributed by atoms with Gasteiger partial charge in [0.1, 0.15) is 11.2 Å². The highest BCUT2D eigenvalue weighted by Gasteiger charge is 2.38. The van der Waals surface area contributed by atoms with Gasteiger partial charge in [0, 0.05) is 16.9 Å². The van der Waals surface area contributed by atoms with Crippen molar-refractivity contribution < 1.29 is 9.90 Å². The van der Waals surface area contributed by atoms with Gasteiger partial charge in [-0.3, -0.25) is 4.79 Å². The van der Waals surface area contributed by atoms with Crippen LogP contribution in [0.25, 0.3) is 5.65 Å². The third-order valence-electron chi connectivity index (χ3n) is 3.75. The Labute approximate surface area is 125 Å². The lowest BCUT2D eigenvalue weighted by Gasteiger charge is -2.20. The van der Waals surface area contributed by atoms with E-state index in [0.717, 1.165) is 28.7 Å². The number of hydrogen-bond donors (Lipinski definition) is 2. The lowest BCUT2D eigenvalue weighted by molar-refractivity contribution is -0.139. The fourth-order valence-electron chi connectivity index (χ4n) is 2.62. The van der Waals surface area contributed by atoms with Crippen LogP contribution in [0, 0.1) is 0 Å². The van der Waals surface area contributed by atoms with Crippen LogP contribution in [0.5, 0.6) is 0 Å². The van der Waals surface area contributed by atoms with Gasteiger partial charge in [-0.2, -0.15) is 0 Å². The summed E-state index contributed by atoms with van der Waals surface area (Å²) in [6.07, 6.45) is 6.71. The second kappa shape index (κ2) is 5.18. The van der Waals surface area contributed by atoms with Gasteiger partial charge in [0.15, 0.2) is 0 Å². The number of imidazole rings is 1. The van der Waals surface area contributed by atoms with E-state index < -0.39 is 5.60 Å². The van der Waals surface area contributed by atoms with Crippen LogP contribution in [0.2, 0.25) is 0 Å². The Morgan fingerprint density at radius 2 is 2.15 bits per heavy atom. The zero-order valence-corrected chi connectivity index (χ0v) is 12.6. The van der Waals surface area contributed by atoms with Crippen LogP contribution in [0.3, 0.4) is 0 Å². The summed E-state index contributed by atoms with van der Waals surface area (Å²) in [5, 5.41) is 13.0. The second-order valence-corrected chi connectivity index (χ2v) is 6.18. The number of carbonyl (C=O) groups excluding carboxylic acids is 1. The van der Waals surface area contributed by atoms with E-state index in [-0.39, 0.29) is 5.91 Å². The van der Waals surface area contributed by atoms with E-state index in [9.17, 15) is 9.90 Å². The van der Waals surface area contributed by atoms with E-state index in [1.54, 1.807) is 0 Å². The fraction of sp³-hybridized carbons (Fsp3) is 0.429. The van der Waals surface area contributed by atoms with Crippen LogP contribution in [-0.4, -0.2) is 26.0 Å². The minimum atomic E-state index is -1.18. The van der Waals surface area contributed by atoms with E-state index in [2.05, 4.69) is 26.2 Å². The Balaban J connectivity index is 1.69. The lowest BCUT2D eigenvalue weighted by atomic mass is 10.0. The van der Waals surface area contributed by atoms with Crippen LogP contribution in [0.15, 0.2) is 29.0 Å². The summed E-state index contributed by atoms with van der Waals surface area (Å²) in [5.74, 6) is -0.284. The number of aliphatic hydroxyl groups is 1. The van der Waals surface area contributed by atoms with Crippen molar-refractivity contribution in [2.24, 2.45) is 0 Å². The molecule has 2 aromatic heterocycles. The number of amides is 1. The van der Waals surface area contributed by atoms with Crippen LogP contribution < -0.4 is 5.32 Å². The molecule has 0 unspecified atom stereocenters. The summed E-state index contributed by atoms with van der Waals surface area (Å²) in [4.78, 5) is 16.4. The summed E-state index contributed by atoms with van der Waals surface area (Å²) >= 11 is 3.40. The smallest absolute Gasteiger partial charge is 0.252 e. The molecule has 1 aliphatic carbocycles. The SMILES string of the molecule is O=C(NCc1cn2cc(Br)ccc2n1)C1(O)CCCC1. The maximum Gasteiger partial charge on any atom is 0.252 e. The first-order chi connectivity index (χ1) is 9.57. The van der Waals surface area contributed by atoms with Gasteiger partial charge in [0.25, 0.3) is 5.91 Å². The molecular weight excluding hydrogens is 322 g/mol. The number of hydrogen-bond acceptors (Lipinski definition) is 3. The van der Waals surface area contributed by atoms with E-state index in [1.807, 2.05) is 28.9 Å². The van der Waals surface area contributed by atoms with Crippen LogP contribution in [0.4, 0.5) is 0 Å². The number of halogens is 1. The van der Waals surface area contributed by atoms with Gasteiger partial charge >= 0.3 is 0 Å². The molecule has 1 saturated carbocycles. The summed E-state index contributed by atoms with van der Waals surface area (Å²) in [6, 6.07) is 3.83. The molecule has 0 spiro atoms. The molecule has 0 atom stereocenters. The first-order valence-electron chi connectivity index (χ1n) is 6.71. The molecule has 0 aromatic carbocycles. The summed E-state index contributed by atoms with van der Waals surface area (Å²) in [7, 11) is 0. The Bertz CT molecular complexity index is 647. The zero-order chi connectivity index (χ0) is 14.2. The molecule has 1 fully saturated rings. The molecular formula is C14H16BrN3O2. The normalized spacial score (nSPS) is 17.5. The molecule has 0 radical (unpaired) electrons. The lowest BCUT2D eigenvalue weighted by Crippen LogP contribution is -2.44. The molecule has 3 rings (SSSR count). The third-order valence-corrected chi connectivity index (χ3v) is 4.22. The van der Waals surface area contributed by atoms with E-state index in [0.29, 0.717) is 19.4 Å². The van der Waals surface area contributed by atoms with Crippen molar-refractivity contribution in [2.45, 2.75) is 37.8 Å². The monoisotopic (exact) mass is 337 g/mol. The largest absolute Gasteiger partial charge is 0.380 e. The maximum absolute atomic E-state index is 12.0. The highest BCUT2D eigenvalue weighted by Crippen LogP contribution is 2.29. The van der Waals surface area contributed by atoms with E-state index in [4.69, 9.17) is 0 Å². The van der Waals surface area contributed by atoms with Crippen molar-refractivity contribution in [1.29, 1.82) is 0 Å². The van der Waals surface area contributed by atoms with Gasteiger partial charge in [-0.25, -0.2) is 4.98 Å². The van der Waals surface area contributed by atoms with Gasteiger partial charge in [0.05, 0.1) is 12.2 Å². The summed E-state index contributed by atoms with van der Waals surface area (Å²) in [6.45, 7) is 0.334. The predicted molar refractivity (Wildman–Crippen MR) is 78.2 cm³/mol. The van der Waals surface area contributed by atoms with E-state index in [1.165, 1.54) is 0 Å². The van der Waals surface area contributed by atoms with E-state index >= 15 is 0 Å². The topological polar surface area (TPSA) is 66.6 Å². The van der Waals surface area contributed by atoms with Gasteiger partial charge < -0.3 is 14.8 Å². The number of rotatable bonds is 3. The van der Waals surface area contributed by atoms with Crippen LogP contribution in [0.1, 0.15) is 31.4 Å². The van der Waals surface area contributed by atoms with Gasteiger partial charge in [-0.15, -0.1) is 0 Å². The molecule has 0 bridgehead atoms. The number of aromatic nitrogens is 2. The Morgan fingerprint density at radius 3 is 2.90 bits per heavy atom. The van der Waals surface area contributed by atoms with Crippen LogP contribution in [-0.2, 0) is 11.3 Å². The van der Waals surface area contributed by atoms with Gasteiger partial charge in [-0.05, 0) is 53.7 Å². The fourth-order valence-corrected chi connectivity index (χ4v) is 2.98. The number of fused-ring (bicyclic) bond motifs is 1. The molecule has 20 heavy (non-hydrogen) atoms. The highest BCUT2D eigenvalue weighted by molar-refractivity contribution is 9.10. The molecule has 0 aliphatic heterocycles. The zero-order valence-electron chi connectivity index (χ0n) is 11.0. The first kappa shape index (κ1) is 13.6. The molecule has 2 aromatic rings. The number of carbonyl (C=O) groups is 1.